The topological polar surface area (TPSA) is 129 Å². The maximum Gasteiger partial charge on any atom is 0.408 e. The zero-order chi connectivity index (χ0) is 33.5. The summed E-state index contributed by atoms with van der Waals surface area (Å²) in [5.41, 5.74) is 1.49. The quantitative estimate of drug-likeness (QED) is 0.479. The average Bonchev–Trinajstić information content (AvgIpc) is 3.73. The van der Waals surface area contributed by atoms with E-state index in [1.165, 1.54) is 13.3 Å². The number of amides is 2. The van der Waals surface area contributed by atoms with Gasteiger partial charge >= 0.3 is 6.09 Å². The average molecular weight is 651 g/mol. The van der Waals surface area contributed by atoms with E-state index in [4.69, 9.17) is 28.9 Å². The number of rotatable bonds is 4. The van der Waals surface area contributed by atoms with Crippen LogP contribution >= 0.6 is 0 Å². The van der Waals surface area contributed by atoms with Crippen LogP contribution in [0.25, 0.3) is 11.0 Å². The molecule has 3 fully saturated rings. The van der Waals surface area contributed by atoms with Gasteiger partial charge < -0.3 is 29.2 Å². The van der Waals surface area contributed by atoms with Crippen molar-refractivity contribution in [3.8, 4) is 11.6 Å². The normalized spacial score (nSPS) is 31.7. The van der Waals surface area contributed by atoms with Crippen molar-refractivity contribution in [2.45, 2.75) is 103 Å². The number of Topliss-reactive ketones (excluding diaryl/α,β-unsaturated/α-hetero) is 1. The summed E-state index contributed by atoms with van der Waals surface area (Å²) in [5.74, 6) is 1.35. The first kappa shape index (κ1) is 33.4. The number of ketones is 1. The molecular formula is C36H50N4O7. The number of aromatic nitrogens is 2. The van der Waals surface area contributed by atoms with E-state index in [0.29, 0.717) is 41.3 Å². The third-order valence-corrected chi connectivity index (χ3v) is 10.9. The summed E-state index contributed by atoms with van der Waals surface area (Å²) < 4.78 is 23.9. The van der Waals surface area contributed by atoms with Crippen molar-refractivity contribution in [3.63, 3.8) is 0 Å². The summed E-state index contributed by atoms with van der Waals surface area (Å²) in [5, 5.41) is 2.95. The molecule has 8 atom stereocenters. The predicted octanol–water partition coefficient (Wildman–Crippen LogP) is 5.12. The second kappa shape index (κ2) is 13.6. The minimum absolute atomic E-state index is 0.131. The minimum atomic E-state index is -0.918. The fourth-order valence-electron chi connectivity index (χ4n) is 8.60. The van der Waals surface area contributed by atoms with Gasteiger partial charge in [0.2, 0.25) is 11.8 Å². The Morgan fingerprint density at radius 1 is 1.02 bits per heavy atom. The Kier molecular flexibility index (Phi) is 9.65. The van der Waals surface area contributed by atoms with Crippen LogP contribution in [0.4, 0.5) is 4.79 Å². The molecule has 1 aromatic carbocycles. The molecule has 2 saturated carbocycles. The monoisotopic (exact) mass is 650 g/mol. The summed E-state index contributed by atoms with van der Waals surface area (Å²) in [7, 11) is 3.19. The van der Waals surface area contributed by atoms with Gasteiger partial charge in [0.25, 0.3) is 0 Å². The number of benzene rings is 1. The number of fused-ring (bicyclic) bond motifs is 9. The van der Waals surface area contributed by atoms with Crippen molar-refractivity contribution >= 4 is 28.8 Å². The van der Waals surface area contributed by atoms with Gasteiger partial charge in [0.05, 0.1) is 37.3 Å². The summed E-state index contributed by atoms with van der Waals surface area (Å²) >= 11 is 0. The van der Waals surface area contributed by atoms with E-state index in [1.54, 1.807) is 19.1 Å². The van der Waals surface area contributed by atoms with Crippen molar-refractivity contribution in [2.75, 3.05) is 27.4 Å². The Morgan fingerprint density at radius 3 is 2.53 bits per heavy atom. The predicted molar refractivity (Wildman–Crippen MR) is 175 cm³/mol. The lowest BCUT2D eigenvalue weighted by Gasteiger charge is -2.36. The van der Waals surface area contributed by atoms with Gasteiger partial charge in [-0.15, -0.1) is 0 Å². The number of carbonyl (C=O) groups is 3. The molecule has 4 bridgehead atoms. The number of alkyl carbamates (subject to hydrolysis) is 1. The number of ether oxygens (including phenoxy) is 4. The van der Waals surface area contributed by atoms with E-state index in [9.17, 15) is 14.4 Å². The smallest absolute Gasteiger partial charge is 0.408 e. The highest BCUT2D eigenvalue weighted by Gasteiger charge is 2.52. The highest BCUT2D eigenvalue weighted by molar-refractivity contribution is 5.92. The Hall–Kier alpha value is -3.47. The molecule has 3 heterocycles. The zero-order valence-electron chi connectivity index (χ0n) is 28.6. The van der Waals surface area contributed by atoms with Crippen LogP contribution in [0.1, 0.15) is 78.3 Å². The van der Waals surface area contributed by atoms with Gasteiger partial charge in [-0.25, -0.2) is 14.8 Å². The molecule has 256 valence electrons. The zero-order valence-corrected chi connectivity index (χ0v) is 28.6. The number of methoxy groups -OCH3 is 2. The van der Waals surface area contributed by atoms with Crippen molar-refractivity contribution < 1.29 is 33.3 Å². The Bertz CT molecular complexity index is 1490. The van der Waals surface area contributed by atoms with E-state index in [-0.39, 0.29) is 30.9 Å². The highest BCUT2D eigenvalue weighted by Crippen LogP contribution is 2.51. The lowest BCUT2D eigenvalue weighted by atomic mass is 9.82. The van der Waals surface area contributed by atoms with Crippen LogP contribution in [0.2, 0.25) is 0 Å². The molecule has 2 aliphatic carbocycles. The number of carbonyl (C=O) groups excluding carboxylic acids is 3. The number of hydrogen-bond acceptors (Lipinski definition) is 9. The largest absolute Gasteiger partial charge is 0.497 e. The van der Waals surface area contributed by atoms with E-state index in [0.717, 1.165) is 49.7 Å². The lowest BCUT2D eigenvalue weighted by Crippen LogP contribution is -2.57. The molecule has 2 amide bonds. The van der Waals surface area contributed by atoms with Gasteiger partial charge in [-0.2, -0.15) is 0 Å². The molecule has 2 aliphatic heterocycles. The molecule has 47 heavy (non-hydrogen) atoms. The van der Waals surface area contributed by atoms with Crippen LogP contribution < -0.4 is 14.8 Å². The van der Waals surface area contributed by atoms with E-state index >= 15 is 0 Å². The fraction of sp³-hybridized carbons (Fsp3) is 0.694. The summed E-state index contributed by atoms with van der Waals surface area (Å²) in [6.45, 7) is 7.55. The minimum Gasteiger partial charge on any atom is -0.497 e. The molecule has 0 spiro atoms. The summed E-state index contributed by atoms with van der Waals surface area (Å²) in [4.78, 5) is 52.8. The molecular weight excluding hydrogens is 600 g/mol. The van der Waals surface area contributed by atoms with Crippen LogP contribution in [-0.2, 0) is 25.5 Å². The van der Waals surface area contributed by atoms with Gasteiger partial charge in [-0.3, -0.25) is 9.59 Å². The van der Waals surface area contributed by atoms with E-state index in [2.05, 4.69) is 5.32 Å². The standard InChI is InChI=1S/C36H50N4O7/c1-20(41)30-25(19-44-5)29-18-40(30)34(42)32(36(2,3)4)39-35(43)47-31-22-13-12-21(16-22)24(31)10-8-7-9-11-27-33(46-29)38-28-17-23(45-6)14-15-26(28)37-27/h14-15,17,21-22,24-25,29-32H,7-13,16,18-19H2,1-6H3,(H,39,43)/t21-,22+,24-,25-,29+,30-,31-,32-/m1/s1. The van der Waals surface area contributed by atoms with Crippen LogP contribution in [-0.4, -0.2) is 84.3 Å². The molecule has 0 unspecified atom stereocenters. The number of nitrogens with zero attached hydrogens (tertiary/aromatic N) is 3. The maximum absolute atomic E-state index is 14.5. The molecule has 1 N–H and O–H groups in total. The van der Waals surface area contributed by atoms with Crippen LogP contribution in [0, 0.1) is 29.1 Å². The van der Waals surface area contributed by atoms with Crippen LogP contribution in [0.3, 0.4) is 0 Å². The van der Waals surface area contributed by atoms with Crippen molar-refractivity contribution in [1.29, 1.82) is 0 Å². The second-order valence-electron chi connectivity index (χ2n) is 15.1. The van der Waals surface area contributed by atoms with Gasteiger partial charge in [-0.05, 0) is 80.8 Å². The molecule has 6 rings (SSSR count). The third-order valence-electron chi connectivity index (χ3n) is 10.9. The third kappa shape index (κ3) is 6.78. The molecule has 2 aromatic rings. The Morgan fingerprint density at radius 2 is 1.81 bits per heavy atom. The molecule has 0 radical (unpaired) electrons. The number of aryl methyl sites for hydroxylation is 1. The molecule has 1 aromatic heterocycles. The van der Waals surface area contributed by atoms with Crippen molar-refractivity contribution in [1.82, 2.24) is 20.2 Å². The summed E-state index contributed by atoms with van der Waals surface area (Å²) in [6, 6.07) is 3.88. The van der Waals surface area contributed by atoms with Crippen molar-refractivity contribution in [3.05, 3.63) is 23.9 Å². The molecule has 1 saturated heterocycles. The maximum atomic E-state index is 14.5. The number of hydrogen-bond donors (Lipinski definition) is 1. The first-order valence-corrected chi connectivity index (χ1v) is 17.3. The lowest BCUT2D eigenvalue weighted by molar-refractivity contribution is -0.142. The molecule has 11 heteroatoms. The fourth-order valence-corrected chi connectivity index (χ4v) is 8.60. The SMILES string of the molecule is COC[C@@H]1[C@@H]2CN(C(=O)[C@H](C(C)(C)C)NC(=O)O[C@@H]3[C@H]4CC[C@H](C4)[C@H]3CCCCCc3nc4ccc(OC)cc4nc3O2)[C@@H]1C(C)=O. The molecule has 11 nitrogen and oxygen atoms in total. The van der Waals surface area contributed by atoms with Gasteiger partial charge in [0, 0.05) is 19.1 Å². The van der Waals surface area contributed by atoms with E-state index in [1.807, 2.05) is 39.0 Å². The molecule has 4 aliphatic rings. The Balaban J connectivity index is 1.39. The van der Waals surface area contributed by atoms with E-state index < -0.39 is 35.6 Å². The first-order valence-electron chi connectivity index (χ1n) is 17.3. The van der Waals surface area contributed by atoms with Gasteiger partial charge in [0.1, 0.15) is 29.7 Å². The first-order chi connectivity index (χ1) is 22.5. The van der Waals surface area contributed by atoms with Gasteiger partial charge in [-0.1, -0.05) is 33.6 Å². The second-order valence-corrected chi connectivity index (χ2v) is 15.1. The van der Waals surface area contributed by atoms with Crippen LogP contribution in [0.15, 0.2) is 18.2 Å². The number of nitrogens with one attached hydrogen (secondary N) is 1. The van der Waals surface area contributed by atoms with Gasteiger partial charge in [0.15, 0.2) is 5.78 Å². The van der Waals surface area contributed by atoms with Crippen LogP contribution in [0.5, 0.6) is 11.6 Å². The highest BCUT2D eigenvalue weighted by atomic mass is 16.6. The van der Waals surface area contributed by atoms with Crippen molar-refractivity contribution in [2.24, 2.45) is 29.1 Å². The summed E-state index contributed by atoms with van der Waals surface area (Å²) in [6.07, 6.45) is 6.68. The Labute approximate surface area is 277 Å².